The summed E-state index contributed by atoms with van der Waals surface area (Å²) in [5.74, 6) is 1.40. The third-order valence-corrected chi connectivity index (χ3v) is 4.55. The van der Waals surface area contributed by atoms with Crippen molar-refractivity contribution in [1.29, 1.82) is 0 Å². The largest absolute Gasteiger partial charge is 0.493 e. The van der Waals surface area contributed by atoms with Crippen LogP contribution in [0.1, 0.15) is 25.3 Å². The summed E-state index contributed by atoms with van der Waals surface area (Å²) in [7, 11) is -3.72. The van der Waals surface area contributed by atoms with Crippen LogP contribution >= 0.6 is 0 Å². The quantitative estimate of drug-likeness (QED) is 0.883. The number of rotatable bonds is 6. The van der Waals surface area contributed by atoms with Crippen LogP contribution in [0.25, 0.3) is 0 Å². The molecule has 1 heterocycles. The normalized spacial score (nSPS) is 11.7. The Kier molecular flexibility index (Phi) is 4.75. The number of aryl methyl sites for hydroxylation is 2. The molecule has 2 rings (SSSR count). The molecule has 0 spiro atoms. The van der Waals surface area contributed by atoms with Crippen molar-refractivity contribution >= 4 is 15.7 Å². The van der Waals surface area contributed by atoms with E-state index in [1.807, 2.05) is 0 Å². The van der Waals surface area contributed by atoms with Gasteiger partial charge in [-0.25, -0.2) is 8.42 Å². The maximum atomic E-state index is 12.4. The maximum Gasteiger partial charge on any atom is 0.267 e. The number of aromatic nitrogens is 1. The van der Waals surface area contributed by atoms with Crippen LogP contribution in [0.2, 0.25) is 0 Å². The minimum absolute atomic E-state index is 0.0765. The summed E-state index contributed by atoms with van der Waals surface area (Å²) < 4.78 is 37.7. The molecule has 6 nitrogen and oxygen atoms in total. The predicted octanol–water partition coefficient (Wildman–Crippen LogP) is 3.13. The van der Waals surface area contributed by atoms with Crippen molar-refractivity contribution in [3.8, 4) is 5.75 Å². The number of nitrogens with one attached hydrogen (secondary N) is 1. The van der Waals surface area contributed by atoms with Gasteiger partial charge in [0, 0.05) is 5.69 Å². The van der Waals surface area contributed by atoms with Gasteiger partial charge in [0.1, 0.15) is 11.4 Å². The fourth-order valence-electron chi connectivity index (χ4n) is 1.95. The monoisotopic (exact) mass is 324 g/mol. The summed E-state index contributed by atoms with van der Waals surface area (Å²) in [6.45, 7) is 7.90. The van der Waals surface area contributed by atoms with Crippen molar-refractivity contribution < 1.29 is 17.7 Å². The van der Waals surface area contributed by atoms with Crippen LogP contribution in [0.4, 0.5) is 5.69 Å². The first kappa shape index (κ1) is 16.4. The van der Waals surface area contributed by atoms with Crippen LogP contribution in [-0.4, -0.2) is 20.2 Å². The van der Waals surface area contributed by atoms with Crippen LogP contribution in [0.15, 0.2) is 33.7 Å². The Morgan fingerprint density at radius 1 is 1.23 bits per heavy atom. The third-order valence-electron chi connectivity index (χ3n) is 2.93. The van der Waals surface area contributed by atoms with Gasteiger partial charge in [0.15, 0.2) is 10.7 Å². The lowest BCUT2D eigenvalue weighted by Crippen LogP contribution is -2.14. The number of benzene rings is 1. The third kappa shape index (κ3) is 3.79. The van der Waals surface area contributed by atoms with Crippen LogP contribution in [0, 0.1) is 19.8 Å². The summed E-state index contributed by atoms with van der Waals surface area (Å²) in [4.78, 5) is 0.0765. The Morgan fingerprint density at radius 2 is 1.86 bits per heavy atom. The minimum atomic E-state index is -3.72. The van der Waals surface area contributed by atoms with Gasteiger partial charge in [-0.2, -0.15) is 0 Å². The first-order valence-corrected chi connectivity index (χ1v) is 8.46. The molecule has 0 aliphatic heterocycles. The zero-order chi connectivity index (χ0) is 16.3. The lowest BCUT2D eigenvalue weighted by molar-refractivity contribution is 0.271. The molecule has 0 aliphatic rings. The van der Waals surface area contributed by atoms with Gasteiger partial charge in [-0.3, -0.25) is 4.72 Å². The summed E-state index contributed by atoms with van der Waals surface area (Å²) in [5.41, 5.74) is 0.791. The van der Waals surface area contributed by atoms with E-state index in [-0.39, 0.29) is 10.7 Å². The Morgan fingerprint density at radius 3 is 2.36 bits per heavy atom. The van der Waals surface area contributed by atoms with Crippen molar-refractivity contribution in [3.05, 3.63) is 35.7 Å². The molecule has 0 radical (unpaired) electrons. The van der Waals surface area contributed by atoms with Gasteiger partial charge in [-0.1, -0.05) is 19.0 Å². The second kappa shape index (κ2) is 6.39. The van der Waals surface area contributed by atoms with Gasteiger partial charge in [0.2, 0.25) is 0 Å². The van der Waals surface area contributed by atoms with Gasteiger partial charge in [-0.05, 0) is 44.0 Å². The topological polar surface area (TPSA) is 81.4 Å². The van der Waals surface area contributed by atoms with E-state index in [2.05, 4.69) is 23.7 Å². The molecule has 0 bridgehead atoms. The zero-order valence-corrected chi connectivity index (χ0v) is 13.9. The molecule has 1 N–H and O–H groups in total. The fraction of sp³-hybridized carbons (Fsp3) is 0.400. The molecule has 0 saturated carbocycles. The molecular weight excluding hydrogens is 304 g/mol. The van der Waals surface area contributed by atoms with Gasteiger partial charge in [-0.15, -0.1) is 0 Å². The van der Waals surface area contributed by atoms with E-state index in [4.69, 9.17) is 9.26 Å². The lowest BCUT2D eigenvalue weighted by atomic mass is 10.2. The minimum Gasteiger partial charge on any atom is -0.493 e. The number of anilines is 1. The molecular formula is C15H20N2O4S. The summed E-state index contributed by atoms with van der Waals surface area (Å²) in [5, 5.41) is 3.66. The van der Waals surface area contributed by atoms with E-state index in [9.17, 15) is 8.42 Å². The Balaban J connectivity index is 2.13. The van der Waals surface area contributed by atoms with Gasteiger partial charge in [0.05, 0.1) is 6.61 Å². The lowest BCUT2D eigenvalue weighted by Gasteiger charge is -2.10. The molecule has 7 heteroatoms. The SMILES string of the molecule is Cc1noc(C)c1S(=O)(=O)Nc1ccc(OCC(C)C)cc1. The maximum absolute atomic E-state index is 12.4. The standard InChI is InChI=1S/C15H20N2O4S/c1-10(2)9-20-14-7-5-13(6-8-14)17-22(18,19)15-11(3)16-21-12(15)4/h5-8,10,17H,9H2,1-4H3. The molecule has 1 aromatic heterocycles. The smallest absolute Gasteiger partial charge is 0.267 e. The van der Waals surface area contributed by atoms with Crippen molar-refractivity contribution in [1.82, 2.24) is 5.16 Å². The molecule has 2 aromatic rings. The molecule has 0 fully saturated rings. The molecule has 0 amide bonds. The van der Waals surface area contributed by atoms with Crippen molar-refractivity contribution in [3.63, 3.8) is 0 Å². The number of nitrogens with zero attached hydrogens (tertiary/aromatic N) is 1. The van der Waals surface area contributed by atoms with Crippen LogP contribution < -0.4 is 9.46 Å². The number of sulfonamides is 1. The number of hydrogen-bond donors (Lipinski definition) is 1. The molecule has 0 aliphatic carbocycles. The molecule has 0 unspecified atom stereocenters. The zero-order valence-electron chi connectivity index (χ0n) is 13.1. The molecule has 22 heavy (non-hydrogen) atoms. The molecule has 120 valence electrons. The van der Waals surface area contributed by atoms with E-state index in [1.165, 1.54) is 0 Å². The van der Waals surface area contributed by atoms with Crippen LogP contribution in [0.3, 0.4) is 0 Å². The van der Waals surface area contributed by atoms with Gasteiger partial charge >= 0.3 is 0 Å². The van der Waals surface area contributed by atoms with E-state index in [0.717, 1.165) is 0 Å². The van der Waals surface area contributed by atoms with Crippen molar-refractivity contribution in [2.45, 2.75) is 32.6 Å². The highest BCUT2D eigenvalue weighted by Gasteiger charge is 2.24. The van der Waals surface area contributed by atoms with Gasteiger partial charge in [0.25, 0.3) is 10.0 Å². The van der Waals surface area contributed by atoms with Crippen LogP contribution in [-0.2, 0) is 10.0 Å². The molecule has 0 atom stereocenters. The summed E-state index contributed by atoms with van der Waals surface area (Å²) in [6, 6.07) is 6.78. The molecule has 0 saturated heterocycles. The predicted molar refractivity (Wildman–Crippen MR) is 83.6 cm³/mol. The molecule has 1 aromatic carbocycles. The fourth-order valence-corrected chi connectivity index (χ4v) is 3.34. The highest BCUT2D eigenvalue weighted by molar-refractivity contribution is 7.92. The average Bonchev–Trinajstić information content (AvgIpc) is 2.77. The van der Waals surface area contributed by atoms with Crippen LogP contribution in [0.5, 0.6) is 5.75 Å². The Bertz CT molecular complexity index is 714. The second-order valence-corrected chi connectivity index (χ2v) is 7.11. The number of ether oxygens (including phenoxy) is 1. The van der Waals surface area contributed by atoms with Crippen molar-refractivity contribution in [2.75, 3.05) is 11.3 Å². The Hall–Kier alpha value is -2.02. The van der Waals surface area contributed by atoms with E-state index < -0.39 is 10.0 Å². The van der Waals surface area contributed by atoms with Gasteiger partial charge < -0.3 is 9.26 Å². The Labute approximate surface area is 130 Å². The first-order chi connectivity index (χ1) is 10.3. The summed E-state index contributed by atoms with van der Waals surface area (Å²) in [6.07, 6.45) is 0. The number of hydrogen-bond acceptors (Lipinski definition) is 5. The van der Waals surface area contributed by atoms with E-state index >= 15 is 0 Å². The highest BCUT2D eigenvalue weighted by Crippen LogP contribution is 2.23. The first-order valence-electron chi connectivity index (χ1n) is 6.98. The van der Waals surface area contributed by atoms with E-state index in [1.54, 1.807) is 38.1 Å². The van der Waals surface area contributed by atoms with Crippen molar-refractivity contribution in [2.24, 2.45) is 5.92 Å². The summed E-state index contributed by atoms with van der Waals surface area (Å²) >= 11 is 0. The average molecular weight is 324 g/mol. The van der Waals surface area contributed by atoms with E-state index in [0.29, 0.717) is 29.7 Å². The highest BCUT2D eigenvalue weighted by atomic mass is 32.2. The second-order valence-electron chi connectivity index (χ2n) is 5.49.